The highest BCUT2D eigenvalue weighted by atomic mass is 16.5. The van der Waals surface area contributed by atoms with E-state index in [4.69, 9.17) is 9.73 Å². The van der Waals surface area contributed by atoms with Gasteiger partial charge in [0, 0.05) is 13.6 Å². The molecule has 25 heavy (non-hydrogen) atoms. The second kappa shape index (κ2) is 8.00. The van der Waals surface area contributed by atoms with Crippen LogP contribution in [0, 0.1) is 12.8 Å². The van der Waals surface area contributed by atoms with Gasteiger partial charge in [-0.1, -0.05) is 12.1 Å². The van der Waals surface area contributed by atoms with Crippen molar-refractivity contribution in [3.8, 4) is 5.75 Å². The van der Waals surface area contributed by atoms with Gasteiger partial charge in [0.15, 0.2) is 11.8 Å². The van der Waals surface area contributed by atoms with Crippen LogP contribution in [0.1, 0.15) is 30.1 Å². The first-order valence-electron chi connectivity index (χ1n) is 8.65. The maximum atomic E-state index is 5.19. The molecule has 0 radical (unpaired) electrons. The van der Waals surface area contributed by atoms with Crippen molar-refractivity contribution in [2.45, 2.75) is 32.9 Å². The summed E-state index contributed by atoms with van der Waals surface area (Å²) >= 11 is 0. The number of rotatable bonds is 7. The summed E-state index contributed by atoms with van der Waals surface area (Å²) in [5, 5.41) is 15.1. The number of methoxy groups -OCH3 is 1. The zero-order valence-corrected chi connectivity index (χ0v) is 15.1. The van der Waals surface area contributed by atoms with Crippen LogP contribution in [0.3, 0.4) is 0 Å². The van der Waals surface area contributed by atoms with Crippen LogP contribution in [0.15, 0.2) is 29.3 Å². The Morgan fingerprint density at radius 3 is 2.60 bits per heavy atom. The van der Waals surface area contributed by atoms with Crippen LogP contribution in [0.25, 0.3) is 0 Å². The van der Waals surface area contributed by atoms with Gasteiger partial charge in [-0.15, -0.1) is 10.2 Å². The van der Waals surface area contributed by atoms with E-state index in [1.54, 1.807) is 7.11 Å². The second-order valence-corrected chi connectivity index (χ2v) is 6.41. The fourth-order valence-corrected chi connectivity index (χ4v) is 2.41. The largest absolute Gasteiger partial charge is 0.497 e. The minimum atomic E-state index is 0.594. The van der Waals surface area contributed by atoms with E-state index >= 15 is 0 Å². The summed E-state index contributed by atoms with van der Waals surface area (Å²) < 4.78 is 7.17. The molecule has 1 fully saturated rings. The molecule has 1 aromatic heterocycles. The molecule has 2 N–H and O–H groups in total. The number of aryl methyl sites for hydroxylation is 1. The van der Waals surface area contributed by atoms with Crippen molar-refractivity contribution < 1.29 is 4.74 Å². The summed E-state index contributed by atoms with van der Waals surface area (Å²) in [6.45, 7) is 4.12. The van der Waals surface area contributed by atoms with Gasteiger partial charge in [-0.25, -0.2) is 4.99 Å². The van der Waals surface area contributed by atoms with Crippen molar-refractivity contribution >= 4 is 5.96 Å². The van der Waals surface area contributed by atoms with Crippen molar-refractivity contribution in [1.82, 2.24) is 25.4 Å². The predicted molar refractivity (Wildman–Crippen MR) is 97.4 cm³/mol. The number of aromatic nitrogens is 3. The lowest BCUT2D eigenvalue weighted by atomic mass is 10.2. The van der Waals surface area contributed by atoms with Gasteiger partial charge in [0.2, 0.25) is 0 Å². The van der Waals surface area contributed by atoms with Gasteiger partial charge in [-0.3, -0.25) is 0 Å². The normalized spacial score (nSPS) is 14.4. The number of benzene rings is 1. The van der Waals surface area contributed by atoms with E-state index in [0.717, 1.165) is 41.4 Å². The lowest BCUT2D eigenvalue weighted by Crippen LogP contribution is -2.38. The molecular formula is C18H26N6O. The topological polar surface area (TPSA) is 76.4 Å². The molecule has 1 heterocycles. The van der Waals surface area contributed by atoms with Crippen LogP contribution in [0.5, 0.6) is 5.75 Å². The molecule has 1 aromatic carbocycles. The second-order valence-electron chi connectivity index (χ2n) is 6.41. The van der Waals surface area contributed by atoms with E-state index in [1.807, 2.05) is 42.8 Å². The van der Waals surface area contributed by atoms with Crippen LogP contribution in [0.4, 0.5) is 0 Å². The van der Waals surface area contributed by atoms with Crippen molar-refractivity contribution in [2.24, 2.45) is 18.0 Å². The molecule has 7 nitrogen and oxygen atoms in total. The van der Waals surface area contributed by atoms with Crippen LogP contribution >= 0.6 is 0 Å². The highest BCUT2D eigenvalue weighted by Crippen LogP contribution is 2.27. The fraction of sp³-hybridized carbons (Fsp3) is 0.500. The summed E-state index contributed by atoms with van der Waals surface area (Å²) in [6, 6.07) is 7.98. The van der Waals surface area contributed by atoms with E-state index in [9.17, 15) is 0 Å². The summed E-state index contributed by atoms with van der Waals surface area (Å²) in [4.78, 5) is 4.70. The first kappa shape index (κ1) is 17.3. The zero-order chi connectivity index (χ0) is 17.6. The van der Waals surface area contributed by atoms with Crippen LogP contribution in [-0.2, 0) is 20.1 Å². The van der Waals surface area contributed by atoms with Crippen LogP contribution in [0.2, 0.25) is 0 Å². The van der Waals surface area contributed by atoms with E-state index in [0.29, 0.717) is 13.1 Å². The molecule has 0 spiro atoms. The Morgan fingerprint density at radius 1 is 1.24 bits per heavy atom. The number of nitrogens with zero attached hydrogens (tertiary/aromatic N) is 4. The van der Waals surface area contributed by atoms with E-state index < -0.39 is 0 Å². The number of hydrogen-bond donors (Lipinski definition) is 2. The molecule has 0 amide bonds. The Balaban J connectivity index is 1.61. The smallest absolute Gasteiger partial charge is 0.191 e. The predicted octanol–water partition coefficient (Wildman–Crippen LogP) is 1.78. The van der Waals surface area contributed by atoms with Gasteiger partial charge in [0.1, 0.15) is 11.6 Å². The summed E-state index contributed by atoms with van der Waals surface area (Å²) in [5.74, 6) is 4.24. The number of hydrogen-bond acceptors (Lipinski definition) is 4. The van der Waals surface area contributed by atoms with E-state index in [-0.39, 0.29) is 0 Å². The monoisotopic (exact) mass is 342 g/mol. The van der Waals surface area contributed by atoms with Gasteiger partial charge in [0.05, 0.1) is 20.2 Å². The molecule has 3 rings (SSSR count). The maximum Gasteiger partial charge on any atom is 0.191 e. The Bertz CT molecular complexity index is 718. The lowest BCUT2D eigenvalue weighted by molar-refractivity contribution is 0.414. The van der Waals surface area contributed by atoms with Gasteiger partial charge >= 0.3 is 0 Å². The van der Waals surface area contributed by atoms with Gasteiger partial charge in [-0.2, -0.15) is 0 Å². The molecular weight excluding hydrogens is 316 g/mol. The molecule has 0 bridgehead atoms. The minimum Gasteiger partial charge on any atom is -0.497 e. The van der Waals surface area contributed by atoms with Crippen LogP contribution in [-0.4, -0.2) is 34.4 Å². The first-order valence-corrected chi connectivity index (χ1v) is 8.65. The highest BCUT2D eigenvalue weighted by Gasteiger charge is 2.21. The fourth-order valence-electron chi connectivity index (χ4n) is 2.41. The van der Waals surface area contributed by atoms with Crippen molar-refractivity contribution in [3.63, 3.8) is 0 Å². The quantitative estimate of drug-likeness (QED) is 0.592. The highest BCUT2D eigenvalue weighted by molar-refractivity contribution is 5.79. The molecule has 0 unspecified atom stereocenters. The zero-order valence-electron chi connectivity index (χ0n) is 15.1. The number of guanidine groups is 1. The van der Waals surface area contributed by atoms with Crippen molar-refractivity contribution in [2.75, 3.05) is 13.7 Å². The average Bonchev–Trinajstić information content (AvgIpc) is 3.41. The van der Waals surface area contributed by atoms with E-state index in [2.05, 4.69) is 20.8 Å². The molecule has 0 aliphatic heterocycles. The molecule has 2 aromatic rings. The molecule has 1 aliphatic rings. The standard InChI is InChI=1S/C18H26N6O/c1-13-22-23-17(24(13)2)12-21-18(19-10-14-4-5-14)20-11-15-6-8-16(25-3)9-7-15/h6-9,14H,4-5,10-12H2,1-3H3,(H2,19,20,21). The summed E-state index contributed by atoms with van der Waals surface area (Å²) in [6.07, 6.45) is 2.61. The van der Waals surface area contributed by atoms with Crippen molar-refractivity contribution in [3.05, 3.63) is 41.5 Å². The maximum absolute atomic E-state index is 5.19. The third kappa shape index (κ3) is 4.95. The molecule has 0 atom stereocenters. The Kier molecular flexibility index (Phi) is 5.53. The molecule has 1 saturated carbocycles. The van der Waals surface area contributed by atoms with E-state index in [1.165, 1.54) is 12.8 Å². The van der Waals surface area contributed by atoms with Crippen LogP contribution < -0.4 is 15.4 Å². The Morgan fingerprint density at radius 2 is 2.00 bits per heavy atom. The minimum absolute atomic E-state index is 0.594. The summed E-state index contributed by atoms with van der Waals surface area (Å²) in [5.41, 5.74) is 1.14. The van der Waals surface area contributed by atoms with Crippen molar-refractivity contribution in [1.29, 1.82) is 0 Å². The SMILES string of the molecule is COc1ccc(CN=C(NCc2nnc(C)n2C)NCC2CC2)cc1. The third-order valence-electron chi connectivity index (χ3n) is 4.43. The first-order chi connectivity index (χ1) is 12.2. The molecule has 134 valence electrons. The summed E-state index contributed by atoms with van der Waals surface area (Å²) in [7, 11) is 3.64. The Labute approximate surface area is 148 Å². The van der Waals surface area contributed by atoms with Gasteiger partial charge in [-0.05, 0) is 43.4 Å². The van der Waals surface area contributed by atoms with Gasteiger partial charge < -0.3 is 19.9 Å². The average molecular weight is 342 g/mol. The lowest BCUT2D eigenvalue weighted by Gasteiger charge is -2.12. The number of aliphatic imine (C=N–C) groups is 1. The molecule has 1 aliphatic carbocycles. The molecule has 7 heteroatoms. The number of ether oxygens (including phenoxy) is 1. The molecule has 0 saturated heterocycles. The third-order valence-corrected chi connectivity index (χ3v) is 4.43. The Hall–Kier alpha value is -2.57. The number of nitrogens with one attached hydrogen (secondary N) is 2. The van der Waals surface area contributed by atoms with Gasteiger partial charge in [0.25, 0.3) is 0 Å².